The van der Waals surface area contributed by atoms with Crippen LogP contribution < -0.4 is 5.32 Å². The van der Waals surface area contributed by atoms with E-state index in [1.807, 2.05) is 11.3 Å². The summed E-state index contributed by atoms with van der Waals surface area (Å²) in [6.45, 7) is 6.69. The molecule has 1 aliphatic heterocycles. The lowest BCUT2D eigenvalue weighted by Crippen LogP contribution is -2.37. The van der Waals surface area contributed by atoms with E-state index in [0.29, 0.717) is 6.04 Å². The molecule has 5 heteroatoms. The van der Waals surface area contributed by atoms with E-state index in [9.17, 15) is 0 Å². The van der Waals surface area contributed by atoms with Gasteiger partial charge in [0.15, 0.2) is 0 Å². The van der Waals surface area contributed by atoms with Crippen molar-refractivity contribution in [3.05, 3.63) is 42.7 Å². The maximum atomic E-state index is 3.55. The summed E-state index contributed by atoms with van der Waals surface area (Å²) in [5.41, 5.74) is 1.54. The van der Waals surface area contributed by atoms with Crippen LogP contribution >= 0.6 is 38.6 Å². The molecular formula is C15H19BrN2S2. The highest BCUT2D eigenvalue weighted by Gasteiger charge is 2.23. The van der Waals surface area contributed by atoms with Crippen LogP contribution in [0.1, 0.15) is 28.3 Å². The Kier molecular flexibility index (Phi) is 4.94. The summed E-state index contributed by atoms with van der Waals surface area (Å²) in [6.07, 6.45) is 1.22. The van der Waals surface area contributed by atoms with Crippen molar-refractivity contribution in [2.45, 2.75) is 25.9 Å². The number of rotatable bonds is 5. The minimum Gasteiger partial charge on any atom is -0.311 e. The van der Waals surface area contributed by atoms with Crippen LogP contribution in [0, 0.1) is 0 Å². The van der Waals surface area contributed by atoms with Gasteiger partial charge in [-0.2, -0.15) is 0 Å². The third kappa shape index (κ3) is 3.34. The van der Waals surface area contributed by atoms with Crippen LogP contribution in [0.25, 0.3) is 0 Å². The second-order valence-electron chi connectivity index (χ2n) is 5.17. The Balaban J connectivity index is 1.45. The van der Waals surface area contributed by atoms with Crippen molar-refractivity contribution in [1.82, 2.24) is 10.2 Å². The number of hydrogen-bond acceptors (Lipinski definition) is 4. The molecule has 0 spiro atoms. The van der Waals surface area contributed by atoms with Crippen molar-refractivity contribution >= 4 is 38.6 Å². The predicted molar refractivity (Wildman–Crippen MR) is 91.7 cm³/mol. The molecule has 108 valence electrons. The molecule has 3 heterocycles. The van der Waals surface area contributed by atoms with Gasteiger partial charge in [-0.3, -0.25) is 4.90 Å². The van der Waals surface area contributed by atoms with Crippen LogP contribution in [0.3, 0.4) is 0 Å². The normalized spacial score (nSPS) is 19.2. The first-order chi connectivity index (χ1) is 9.74. The molecule has 0 bridgehead atoms. The quantitative estimate of drug-likeness (QED) is 0.790. The number of halogens is 1. The first kappa shape index (κ1) is 14.7. The van der Waals surface area contributed by atoms with Crippen LogP contribution in [0.5, 0.6) is 0 Å². The largest absolute Gasteiger partial charge is 0.311 e. The van der Waals surface area contributed by atoms with Gasteiger partial charge in [-0.25, -0.2) is 0 Å². The topological polar surface area (TPSA) is 15.3 Å². The fourth-order valence-corrected chi connectivity index (χ4v) is 5.13. The lowest BCUT2D eigenvalue weighted by Gasteiger charge is -2.33. The Morgan fingerprint density at radius 3 is 3.15 bits per heavy atom. The molecule has 3 rings (SSSR count). The maximum Gasteiger partial charge on any atom is 0.0331 e. The summed E-state index contributed by atoms with van der Waals surface area (Å²) >= 11 is 7.22. The SMILES string of the molecule is CC1c2ccsc2CCN1CCNCc1cc(Br)cs1. The van der Waals surface area contributed by atoms with Crippen LogP contribution in [0.4, 0.5) is 0 Å². The minimum atomic E-state index is 0.572. The van der Waals surface area contributed by atoms with Crippen LogP contribution in [-0.4, -0.2) is 24.5 Å². The molecule has 20 heavy (non-hydrogen) atoms. The molecule has 0 amide bonds. The zero-order chi connectivity index (χ0) is 13.9. The molecule has 0 aromatic carbocycles. The first-order valence-corrected chi connectivity index (χ1v) is 9.53. The van der Waals surface area contributed by atoms with Crippen LogP contribution in [-0.2, 0) is 13.0 Å². The Hall–Kier alpha value is -0.200. The van der Waals surface area contributed by atoms with E-state index >= 15 is 0 Å². The van der Waals surface area contributed by atoms with Gasteiger partial charge in [0.25, 0.3) is 0 Å². The van der Waals surface area contributed by atoms with E-state index in [-0.39, 0.29) is 0 Å². The summed E-state index contributed by atoms with van der Waals surface area (Å²) < 4.78 is 1.19. The predicted octanol–water partition coefficient (Wildman–Crippen LogP) is 4.28. The van der Waals surface area contributed by atoms with Crippen molar-refractivity contribution in [2.24, 2.45) is 0 Å². The second kappa shape index (κ2) is 6.71. The van der Waals surface area contributed by atoms with Gasteiger partial charge >= 0.3 is 0 Å². The molecule has 1 N–H and O–H groups in total. The van der Waals surface area contributed by atoms with Gasteiger partial charge in [0.2, 0.25) is 0 Å². The van der Waals surface area contributed by atoms with Crippen molar-refractivity contribution in [3.63, 3.8) is 0 Å². The molecular weight excluding hydrogens is 352 g/mol. The Labute approximate surface area is 136 Å². The molecule has 1 aliphatic rings. The zero-order valence-corrected chi connectivity index (χ0v) is 14.8. The third-order valence-corrected chi connectivity index (χ3v) is 6.59. The molecule has 2 aromatic heterocycles. The average Bonchev–Trinajstić information content (AvgIpc) is 3.06. The molecule has 0 saturated carbocycles. The molecule has 1 atom stereocenters. The molecule has 2 aromatic rings. The van der Waals surface area contributed by atoms with E-state index in [0.717, 1.165) is 19.6 Å². The van der Waals surface area contributed by atoms with Gasteiger partial charge in [0.05, 0.1) is 0 Å². The molecule has 1 unspecified atom stereocenters. The van der Waals surface area contributed by atoms with Crippen molar-refractivity contribution in [1.29, 1.82) is 0 Å². The second-order valence-corrected chi connectivity index (χ2v) is 8.08. The van der Waals surface area contributed by atoms with Crippen molar-refractivity contribution < 1.29 is 0 Å². The Morgan fingerprint density at radius 1 is 1.45 bits per heavy atom. The van der Waals surface area contributed by atoms with Gasteiger partial charge < -0.3 is 5.32 Å². The number of nitrogens with one attached hydrogen (secondary N) is 1. The van der Waals surface area contributed by atoms with E-state index < -0.39 is 0 Å². The lowest BCUT2D eigenvalue weighted by atomic mass is 10.0. The van der Waals surface area contributed by atoms with Gasteiger partial charge in [0, 0.05) is 51.8 Å². The fourth-order valence-electron chi connectivity index (χ4n) is 2.75. The van der Waals surface area contributed by atoms with Crippen molar-refractivity contribution in [2.75, 3.05) is 19.6 Å². The Bertz CT molecular complexity index is 564. The van der Waals surface area contributed by atoms with Gasteiger partial charge in [-0.05, 0) is 52.4 Å². The minimum absolute atomic E-state index is 0.572. The summed E-state index contributed by atoms with van der Waals surface area (Å²) in [7, 11) is 0. The highest BCUT2D eigenvalue weighted by atomic mass is 79.9. The van der Waals surface area contributed by atoms with Crippen LogP contribution in [0.15, 0.2) is 27.4 Å². The molecule has 0 aliphatic carbocycles. The summed E-state index contributed by atoms with van der Waals surface area (Å²) in [5, 5.41) is 7.93. The number of fused-ring (bicyclic) bond motifs is 1. The monoisotopic (exact) mass is 370 g/mol. The summed E-state index contributed by atoms with van der Waals surface area (Å²) in [6, 6.07) is 5.06. The van der Waals surface area contributed by atoms with Gasteiger partial charge in [-0.15, -0.1) is 22.7 Å². The zero-order valence-electron chi connectivity index (χ0n) is 11.6. The lowest BCUT2D eigenvalue weighted by molar-refractivity contribution is 0.201. The first-order valence-electron chi connectivity index (χ1n) is 6.98. The fraction of sp³-hybridized carbons (Fsp3) is 0.467. The highest BCUT2D eigenvalue weighted by Crippen LogP contribution is 2.32. The Morgan fingerprint density at radius 2 is 2.35 bits per heavy atom. The summed E-state index contributed by atoms with van der Waals surface area (Å²) in [4.78, 5) is 5.57. The molecule has 0 saturated heterocycles. The number of nitrogens with zero attached hydrogens (tertiary/aromatic N) is 1. The summed E-state index contributed by atoms with van der Waals surface area (Å²) in [5.74, 6) is 0. The van der Waals surface area contributed by atoms with E-state index in [2.05, 4.69) is 56.0 Å². The molecule has 2 nitrogen and oxygen atoms in total. The smallest absolute Gasteiger partial charge is 0.0331 e. The molecule has 0 fully saturated rings. The van der Waals surface area contributed by atoms with Gasteiger partial charge in [0.1, 0.15) is 0 Å². The molecule has 0 radical (unpaired) electrons. The van der Waals surface area contributed by atoms with E-state index in [4.69, 9.17) is 0 Å². The maximum absolute atomic E-state index is 3.55. The van der Waals surface area contributed by atoms with Gasteiger partial charge in [-0.1, -0.05) is 0 Å². The number of hydrogen-bond donors (Lipinski definition) is 1. The average molecular weight is 371 g/mol. The highest BCUT2D eigenvalue weighted by molar-refractivity contribution is 9.10. The third-order valence-electron chi connectivity index (χ3n) is 3.90. The van der Waals surface area contributed by atoms with E-state index in [1.165, 1.54) is 22.3 Å². The standard InChI is InChI=1S/C15H19BrN2S2/c1-11-14-3-7-19-15(14)2-5-18(11)6-4-17-9-13-8-12(16)10-20-13/h3,7-8,10-11,17H,2,4-6,9H2,1H3. The van der Waals surface area contributed by atoms with Crippen LogP contribution in [0.2, 0.25) is 0 Å². The van der Waals surface area contributed by atoms with Crippen molar-refractivity contribution in [3.8, 4) is 0 Å². The number of thiophene rings is 2. The van der Waals surface area contributed by atoms with E-state index in [1.54, 1.807) is 21.8 Å².